The first-order valence-corrected chi connectivity index (χ1v) is 9.90. The van der Waals surface area contributed by atoms with Crippen molar-refractivity contribution >= 4 is 5.91 Å². The second-order valence-corrected chi connectivity index (χ2v) is 7.16. The van der Waals surface area contributed by atoms with E-state index < -0.39 is 17.4 Å². The minimum atomic E-state index is -4.49. The van der Waals surface area contributed by atoms with E-state index in [4.69, 9.17) is 4.74 Å². The lowest BCUT2D eigenvalue weighted by Gasteiger charge is -2.08. The summed E-state index contributed by atoms with van der Waals surface area (Å²) in [7, 11) is 3.02. The summed E-state index contributed by atoms with van der Waals surface area (Å²) in [5.74, 6) is 0.679. The van der Waals surface area contributed by atoms with Gasteiger partial charge in [-0.2, -0.15) is 13.2 Å². The molecule has 3 aromatic rings. The van der Waals surface area contributed by atoms with Crippen LogP contribution in [0.1, 0.15) is 17.5 Å². The summed E-state index contributed by atoms with van der Waals surface area (Å²) in [4.78, 5) is 24.5. The van der Waals surface area contributed by atoms with Gasteiger partial charge in [0.15, 0.2) is 5.82 Å². The molecule has 0 bridgehead atoms. The molecule has 0 spiro atoms. The average molecular weight is 448 g/mol. The first-order chi connectivity index (χ1) is 15.2. The molecule has 1 aromatic heterocycles. The SMILES string of the molecule is COc1ccc(CCC(=O)NCCn2nc(-c3cccc(C(F)(F)F)c3)n(C)c2=O)cc1. The number of hydrogen-bond donors (Lipinski definition) is 1. The molecule has 2 aromatic carbocycles. The molecular formula is C22H23F3N4O3. The van der Waals surface area contributed by atoms with Crippen molar-refractivity contribution in [2.75, 3.05) is 13.7 Å². The van der Waals surface area contributed by atoms with Crippen LogP contribution in [-0.4, -0.2) is 33.9 Å². The Hall–Kier alpha value is -3.56. The monoisotopic (exact) mass is 448 g/mol. The minimum absolute atomic E-state index is 0.0971. The summed E-state index contributed by atoms with van der Waals surface area (Å²) in [6, 6.07) is 12.1. The standard InChI is InChI=1S/C22H23F3N4O3/c1-28-20(16-4-3-5-17(14-16)22(23,24)25)27-29(21(28)31)13-12-26-19(30)11-8-15-6-9-18(32-2)10-7-15/h3-7,9-10,14H,8,11-13H2,1-2H3,(H,26,30). The van der Waals surface area contributed by atoms with Crippen molar-refractivity contribution in [3.63, 3.8) is 0 Å². The van der Waals surface area contributed by atoms with Crippen LogP contribution in [0, 0.1) is 0 Å². The number of benzene rings is 2. The summed E-state index contributed by atoms with van der Waals surface area (Å²) in [5.41, 5.74) is -0.125. The molecule has 1 amide bonds. The molecule has 170 valence electrons. The van der Waals surface area contributed by atoms with Crippen molar-refractivity contribution in [2.45, 2.75) is 25.6 Å². The first kappa shape index (κ1) is 23.1. The Morgan fingerprint density at radius 2 is 1.88 bits per heavy atom. The van der Waals surface area contributed by atoms with E-state index in [1.807, 2.05) is 24.3 Å². The van der Waals surface area contributed by atoms with Crippen molar-refractivity contribution < 1.29 is 22.7 Å². The largest absolute Gasteiger partial charge is 0.497 e. The van der Waals surface area contributed by atoms with Crippen molar-refractivity contribution in [3.8, 4) is 17.1 Å². The van der Waals surface area contributed by atoms with Gasteiger partial charge in [0.05, 0.1) is 19.2 Å². The molecule has 10 heteroatoms. The Kier molecular flexibility index (Phi) is 7.01. The molecular weight excluding hydrogens is 425 g/mol. The summed E-state index contributed by atoms with van der Waals surface area (Å²) >= 11 is 0. The van der Waals surface area contributed by atoms with Crippen LogP contribution in [0.25, 0.3) is 11.4 Å². The number of ether oxygens (including phenoxy) is 1. The summed E-state index contributed by atoms with van der Waals surface area (Å²) in [6.07, 6.45) is -3.66. The predicted octanol–water partition coefficient (Wildman–Crippen LogP) is 3.03. The number of aryl methyl sites for hydroxylation is 1. The Morgan fingerprint density at radius 1 is 1.16 bits per heavy atom. The van der Waals surface area contributed by atoms with E-state index in [9.17, 15) is 22.8 Å². The highest BCUT2D eigenvalue weighted by Gasteiger charge is 2.30. The second kappa shape index (κ2) is 9.71. The number of carbonyl (C=O) groups is 1. The number of rotatable bonds is 8. The van der Waals surface area contributed by atoms with Crippen LogP contribution in [0.15, 0.2) is 53.3 Å². The summed E-state index contributed by atoms with van der Waals surface area (Å²) < 4.78 is 46.3. The Balaban J connectivity index is 1.58. The van der Waals surface area contributed by atoms with Gasteiger partial charge in [0.25, 0.3) is 0 Å². The van der Waals surface area contributed by atoms with E-state index in [1.54, 1.807) is 7.11 Å². The molecule has 32 heavy (non-hydrogen) atoms. The molecule has 1 N–H and O–H groups in total. The van der Waals surface area contributed by atoms with Gasteiger partial charge in [-0.25, -0.2) is 9.48 Å². The molecule has 0 saturated heterocycles. The third-order valence-electron chi connectivity index (χ3n) is 4.93. The van der Waals surface area contributed by atoms with Crippen LogP contribution in [0.2, 0.25) is 0 Å². The number of methoxy groups -OCH3 is 1. The van der Waals surface area contributed by atoms with Gasteiger partial charge < -0.3 is 10.1 Å². The highest BCUT2D eigenvalue weighted by atomic mass is 19.4. The number of alkyl halides is 3. The van der Waals surface area contributed by atoms with Crippen molar-refractivity contribution in [1.29, 1.82) is 0 Å². The molecule has 3 rings (SSSR count). The maximum Gasteiger partial charge on any atom is 0.416 e. The summed E-state index contributed by atoms with van der Waals surface area (Å²) in [5, 5.41) is 6.87. The average Bonchev–Trinajstić information content (AvgIpc) is 3.06. The Morgan fingerprint density at radius 3 is 2.53 bits per heavy atom. The molecule has 0 fully saturated rings. The number of nitrogens with zero attached hydrogens (tertiary/aromatic N) is 3. The quantitative estimate of drug-likeness (QED) is 0.575. The van der Waals surface area contributed by atoms with Crippen LogP contribution in [0.4, 0.5) is 13.2 Å². The maximum absolute atomic E-state index is 13.0. The molecule has 0 aliphatic heterocycles. The van der Waals surface area contributed by atoms with E-state index in [0.717, 1.165) is 28.1 Å². The molecule has 7 nitrogen and oxygen atoms in total. The van der Waals surface area contributed by atoms with E-state index in [2.05, 4.69) is 10.4 Å². The number of amides is 1. The van der Waals surface area contributed by atoms with Crippen LogP contribution in [0.5, 0.6) is 5.75 Å². The van der Waals surface area contributed by atoms with Crippen molar-refractivity contribution in [3.05, 3.63) is 70.1 Å². The zero-order valence-electron chi connectivity index (χ0n) is 17.6. The second-order valence-electron chi connectivity index (χ2n) is 7.16. The fraction of sp³-hybridized carbons (Fsp3) is 0.318. The first-order valence-electron chi connectivity index (χ1n) is 9.90. The van der Waals surface area contributed by atoms with Gasteiger partial charge >= 0.3 is 11.9 Å². The zero-order chi connectivity index (χ0) is 23.3. The minimum Gasteiger partial charge on any atom is -0.497 e. The maximum atomic E-state index is 13.0. The predicted molar refractivity (Wildman–Crippen MR) is 112 cm³/mol. The van der Waals surface area contributed by atoms with Gasteiger partial charge in [-0.05, 0) is 36.2 Å². The lowest BCUT2D eigenvalue weighted by atomic mass is 10.1. The third-order valence-corrected chi connectivity index (χ3v) is 4.93. The highest BCUT2D eigenvalue weighted by Crippen LogP contribution is 2.31. The van der Waals surface area contributed by atoms with E-state index >= 15 is 0 Å². The number of halogens is 3. The van der Waals surface area contributed by atoms with Crippen LogP contribution in [0.3, 0.4) is 0 Å². The number of carbonyl (C=O) groups excluding carboxylic acids is 1. The van der Waals surface area contributed by atoms with Gasteiger partial charge in [-0.3, -0.25) is 9.36 Å². The van der Waals surface area contributed by atoms with E-state index in [1.165, 1.54) is 23.7 Å². The number of nitrogens with one attached hydrogen (secondary N) is 1. The molecule has 0 unspecified atom stereocenters. The lowest BCUT2D eigenvalue weighted by Crippen LogP contribution is -2.31. The zero-order valence-corrected chi connectivity index (χ0v) is 17.6. The highest BCUT2D eigenvalue weighted by molar-refractivity contribution is 5.76. The summed E-state index contributed by atoms with van der Waals surface area (Å²) in [6.45, 7) is 0.264. The number of aromatic nitrogens is 3. The van der Waals surface area contributed by atoms with Gasteiger partial charge in [0.1, 0.15) is 5.75 Å². The molecule has 0 atom stereocenters. The van der Waals surface area contributed by atoms with Gasteiger partial charge in [-0.15, -0.1) is 5.10 Å². The van der Waals surface area contributed by atoms with Crippen LogP contribution < -0.4 is 15.7 Å². The fourth-order valence-electron chi connectivity index (χ4n) is 3.16. The van der Waals surface area contributed by atoms with Crippen molar-refractivity contribution in [2.24, 2.45) is 7.05 Å². The van der Waals surface area contributed by atoms with Gasteiger partial charge in [0, 0.05) is 25.6 Å². The van der Waals surface area contributed by atoms with Crippen molar-refractivity contribution in [1.82, 2.24) is 19.7 Å². The van der Waals surface area contributed by atoms with E-state index in [-0.39, 0.29) is 36.8 Å². The van der Waals surface area contributed by atoms with Gasteiger partial charge in [0.2, 0.25) is 5.91 Å². The third kappa shape index (κ3) is 5.57. The smallest absolute Gasteiger partial charge is 0.416 e. The normalized spacial score (nSPS) is 11.4. The molecule has 0 saturated carbocycles. The molecule has 1 heterocycles. The lowest BCUT2D eigenvalue weighted by molar-refractivity contribution is -0.137. The molecule has 0 aliphatic rings. The Bertz CT molecular complexity index is 1130. The van der Waals surface area contributed by atoms with Crippen LogP contribution in [-0.2, 0) is 31.0 Å². The topological polar surface area (TPSA) is 78.2 Å². The Labute approximate surface area is 182 Å². The van der Waals surface area contributed by atoms with Gasteiger partial charge in [-0.1, -0.05) is 24.3 Å². The number of hydrogen-bond acceptors (Lipinski definition) is 4. The molecule has 0 aliphatic carbocycles. The van der Waals surface area contributed by atoms with E-state index in [0.29, 0.717) is 6.42 Å². The fourth-order valence-corrected chi connectivity index (χ4v) is 3.16. The molecule has 0 radical (unpaired) electrons. The van der Waals surface area contributed by atoms with Crippen LogP contribution >= 0.6 is 0 Å².